The number of rotatable bonds is 3. The van der Waals surface area contributed by atoms with Gasteiger partial charge in [-0.2, -0.15) is 0 Å². The van der Waals surface area contributed by atoms with Crippen molar-refractivity contribution in [1.82, 2.24) is 15.0 Å². The van der Waals surface area contributed by atoms with Crippen LogP contribution in [0.1, 0.15) is 0 Å². The number of fused-ring (bicyclic) bond motifs is 5. The Morgan fingerprint density at radius 3 is 1.56 bits per heavy atom. The van der Waals surface area contributed by atoms with Crippen LogP contribution in [-0.4, -0.2) is 15.0 Å². The van der Waals surface area contributed by atoms with Crippen molar-refractivity contribution in [3.8, 4) is 34.2 Å². The molecule has 6 aromatic carbocycles. The second kappa shape index (κ2) is 8.61. The molecule has 0 bridgehead atoms. The van der Waals surface area contributed by atoms with E-state index in [-0.39, 0.29) is 0 Å². The van der Waals surface area contributed by atoms with Crippen molar-refractivity contribution in [3.05, 3.63) is 127 Å². The zero-order chi connectivity index (χ0) is 25.8. The second-order valence-corrected chi connectivity index (χ2v) is 9.67. The molecular weight excluding hydrogens is 478 g/mol. The van der Waals surface area contributed by atoms with Gasteiger partial charge in [-0.25, -0.2) is 15.0 Å². The minimum atomic E-state index is 0.628. The van der Waals surface area contributed by atoms with E-state index in [1.54, 1.807) is 0 Å². The maximum atomic E-state index is 6.07. The predicted molar refractivity (Wildman–Crippen MR) is 158 cm³/mol. The van der Waals surface area contributed by atoms with Crippen LogP contribution in [0.4, 0.5) is 0 Å². The number of nitrogens with zero attached hydrogens (tertiary/aromatic N) is 3. The SMILES string of the molecule is c1ccc2c(-c3nc(-c4ccc5oc6ccccc6c5c4)nc(-c4cccc5ccccc45)n3)cccc2c1. The van der Waals surface area contributed by atoms with Crippen LogP contribution in [0, 0.1) is 0 Å². The van der Waals surface area contributed by atoms with Crippen molar-refractivity contribution in [3.63, 3.8) is 0 Å². The standard InChI is InChI=1S/C35H21N3O/c1-3-13-25-22(9-1)11-7-16-28(25)34-36-33(24-19-20-32-30(21-24)27-15-5-6-18-31(27)39-32)37-35(38-34)29-17-8-12-23-10-2-4-14-26(23)29/h1-21H. The van der Waals surface area contributed by atoms with Gasteiger partial charge in [0.1, 0.15) is 11.2 Å². The molecule has 0 atom stereocenters. The van der Waals surface area contributed by atoms with Crippen LogP contribution in [0.25, 0.3) is 77.6 Å². The van der Waals surface area contributed by atoms with Gasteiger partial charge in [0, 0.05) is 27.5 Å². The average Bonchev–Trinajstić information content (AvgIpc) is 3.38. The van der Waals surface area contributed by atoms with Crippen molar-refractivity contribution in [1.29, 1.82) is 0 Å². The topological polar surface area (TPSA) is 51.8 Å². The molecule has 0 saturated carbocycles. The highest BCUT2D eigenvalue weighted by molar-refractivity contribution is 6.06. The third-order valence-corrected chi connectivity index (χ3v) is 7.33. The summed E-state index contributed by atoms with van der Waals surface area (Å²) >= 11 is 0. The average molecular weight is 500 g/mol. The highest BCUT2D eigenvalue weighted by atomic mass is 16.3. The summed E-state index contributed by atoms with van der Waals surface area (Å²) in [5, 5.41) is 6.63. The van der Waals surface area contributed by atoms with Gasteiger partial charge < -0.3 is 4.42 Å². The number of hydrogen-bond donors (Lipinski definition) is 0. The van der Waals surface area contributed by atoms with E-state index in [0.717, 1.165) is 60.2 Å². The maximum Gasteiger partial charge on any atom is 0.164 e. The minimum Gasteiger partial charge on any atom is -0.456 e. The van der Waals surface area contributed by atoms with Crippen molar-refractivity contribution < 1.29 is 4.42 Å². The molecule has 0 radical (unpaired) electrons. The Hall–Kier alpha value is -5.35. The minimum absolute atomic E-state index is 0.628. The molecule has 0 amide bonds. The Kier molecular flexibility index (Phi) is 4.79. The van der Waals surface area contributed by atoms with Crippen LogP contribution in [0.15, 0.2) is 132 Å². The predicted octanol–water partition coefficient (Wildman–Crippen LogP) is 9.08. The summed E-state index contributed by atoms with van der Waals surface area (Å²) in [6.45, 7) is 0. The summed E-state index contributed by atoms with van der Waals surface area (Å²) in [6, 6.07) is 43.5. The van der Waals surface area contributed by atoms with Gasteiger partial charge in [0.05, 0.1) is 0 Å². The molecule has 4 heteroatoms. The fourth-order valence-corrected chi connectivity index (χ4v) is 5.45. The number of para-hydroxylation sites is 1. The third kappa shape index (κ3) is 3.57. The summed E-state index contributed by atoms with van der Waals surface area (Å²) < 4.78 is 6.07. The van der Waals surface area contributed by atoms with E-state index in [0.29, 0.717) is 17.5 Å². The summed E-state index contributed by atoms with van der Waals surface area (Å²) in [7, 11) is 0. The monoisotopic (exact) mass is 499 g/mol. The van der Waals surface area contributed by atoms with Gasteiger partial charge in [0.2, 0.25) is 0 Å². The Balaban J connectivity index is 1.41. The second-order valence-electron chi connectivity index (χ2n) is 9.67. The molecule has 0 aliphatic carbocycles. The van der Waals surface area contributed by atoms with Gasteiger partial charge >= 0.3 is 0 Å². The lowest BCUT2D eigenvalue weighted by Gasteiger charge is -2.11. The number of benzene rings is 6. The van der Waals surface area contributed by atoms with Crippen molar-refractivity contribution in [2.24, 2.45) is 0 Å². The highest BCUT2D eigenvalue weighted by Crippen LogP contribution is 2.35. The summed E-state index contributed by atoms with van der Waals surface area (Å²) in [5.41, 5.74) is 4.59. The molecule has 8 aromatic rings. The number of hydrogen-bond acceptors (Lipinski definition) is 4. The van der Waals surface area contributed by atoms with Gasteiger partial charge in [0.15, 0.2) is 17.5 Å². The van der Waals surface area contributed by atoms with Gasteiger partial charge in [-0.05, 0) is 45.8 Å². The van der Waals surface area contributed by atoms with Crippen LogP contribution < -0.4 is 0 Å². The molecule has 8 rings (SSSR count). The molecule has 0 saturated heterocycles. The van der Waals surface area contributed by atoms with Gasteiger partial charge in [-0.3, -0.25) is 0 Å². The van der Waals surface area contributed by atoms with Crippen LogP contribution in [-0.2, 0) is 0 Å². The van der Waals surface area contributed by atoms with Crippen LogP contribution >= 0.6 is 0 Å². The highest BCUT2D eigenvalue weighted by Gasteiger charge is 2.17. The molecule has 182 valence electrons. The molecule has 2 heterocycles. The molecule has 0 N–H and O–H groups in total. The molecule has 4 nitrogen and oxygen atoms in total. The lowest BCUT2D eigenvalue weighted by atomic mass is 10.0. The summed E-state index contributed by atoms with van der Waals surface area (Å²) in [6.07, 6.45) is 0. The van der Waals surface area contributed by atoms with Gasteiger partial charge in [0.25, 0.3) is 0 Å². The van der Waals surface area contributed by atoms with E-state index >= 15 is 0 Å². The first-order valence-corrected chi connectivity index (χ1v) is 13.0. The Bertz CT molecular complexity index is 2090. The first kappa shape index (κ1) is 21.7. The molecular formula is C35H21N3O. The van der Waals surface area contributed by atoms with Crippen molar-refractivity contribution >= 4 is 43.5 Å². The summed E-state index contributed by atoms with van der Waals surface area (Å²) in [5.74, 6) is 1.93. The van der Waals surface area contributed by atoms with Gasteiger partial charge in [-0.15, -0.1) is 0 Å². The Morgan fingerprint density at radius 2 is 0.897 bits per heavy atom. The molecule has 0 aliphatic heterocycles. The van der Waals surface area contributed by atoms with Crippen LogP contribution in [0.5, 0.6) is 0 Å². The maximum absolute atomic E-state index is 6.07. The van der Waals surface area contributed by atoms with E-state index in [4.69, 9.17) is 19.4 Å². The molecule has 0 aliphatic rings. The largest absolute Gasteiger partial charge is 0.456 e. The van der Waals surface area contributed by atoms with Gasteiger partial charge in [-0.1, -0.05) is 103 Å². The Labute approximate surface area is 224 Å². The molecule has 2 aromatic heterocycles. The van der Waals surface area contributed by atoms with E-state index in [1.807, 2.05) is 30.3 Å². The molecule has 0 spiro atoms. The number of aromatic nitrogens is 3. The zero-order valence-electron chi connectivity index (χ0n) is 20.9. The lowest BCUT2D eigenvalue weighted by Crippen LogP contribution is -2.01. The zero-order valence-corrected chi connectivity index (χ0v) is 20.9. The summed E-state index contributed by atoms with van der Waals surface area (Å²) in [4.78, 5) is 15.2. The van der Waals surface area contributed by atoms with Crippen LogP contribution in [0.3, 0.4) is 0 Å². The van der Waals surface area contributed by atoms with E-state index in [2.05, 4.69) is 97.1 Å². The van der Waals surface area contributed by atoms with E-state index in [9.17, 15) is 0 Å². The first-order valence-electron chi connectivity index (χ1n) is 13.0. The smallest absolute Gasteiger partial charge is 0.164 e. The molecule has 0 unspecified atom stereocenters. The molecule has 0 fully saturated rings. The van der Waals surface area contributed by atoms with Crippen molar-refractivity contribution in [2.45, 2.75) is 0 Å². The van der Waals surface area contributed by atoms with Crippen LogP contribution in [0.2, 0.25) is 0 Å². The lowest BCUT2D eigenvalue weighted by molar-refractivity contribution is 0.669. The molecule has 39 heavy (non-hydrogen) atoms. The van der Waals surface area contributed by atoms with E-state index in [1.165, 1.54) is 0 Å². The van der Waals surface area contributed by atoms with Crippen molar-refractivity contribution in [2.75, 3.05) is 0 Å². The van der Waals surface area contributed by atoms with E-state index < -0.39 is 0 Å². The fourth-order valence-electron chi connectivity index (χ4n) is 5.45. The third-order valence-electron chi connectivity index (χ3n) is 7.33. The quantitative estimate of drug-likeness (QED) is 0.243. The Morgan fingerprint density at radius 1 is 0.385 bits per heavy atom. The number of furan rings is 1. The first-order chi connectivity index (χ1) is 19.3. The fraction of sp³-hybridized carbons (Fsp3) is 0. The normalized spacial score (nSPS) is 11.6.